The smallest absolute Gasteiger partial charge is 0.253 e. The highest BCUT2D eigenvalue weighted by molar-refractivity contribution is 5.99. The average molecular weight is 263 g/mol. The molecule has 19 heavy (non-hydrogen) atoms. The predicted octanol–water partition coefficient (Wildman–Crippen LogP) is 0.989. The zero-order valence-electron chi connectivity index (χ0n) is 10.9. The van der Waals surface area contributed by atoms with E-state index in [1.165, 1.54) is 0 Å². The summed E-state index contributed by atoms with van der Waals surface area (Å²) in [5.74, 6) is 0.495. The maximum absolute atomic E-state index is 12.0. The number of carbonyl (C=O) groups excluding carboxylic acids is 1. The Labute approximate surface area is 113 Å². The van der Waals surface area contributed by atoms with Crippen molar-refractivity contribution in [1.29, 1.82) is 0 Å². The third-order valence-corrected chi connectivity index (χ3v) is 3.90. The van der Waals surface area contributed by atoms with E-state index in [1.807, 2.05) is 0 Å². The van der Waals surface area contributed by atoms with E-state index in [1.54, 1.807) is 18.2 Å². The molecule has 1 saturated carbocycles. The van der Waals surface area contributed by atoms with Gasteiger partial charge in [-0.15, -0.1) is 0 Å². The molecule has 6 N–H and O–H groups in total. The summed E-state index contributed by atoms with van der Waals surface area (Å²) in [6.07, 6.45) is 3.22. The molecule has 5 heteroatoms. The van der Waals surface area contributed by atoms with Gasteiger partial charge in [0.05, 0.1) is 5.56 Å². The van der Waals surface area contributed by atoms with Gasteiger partial charge in [-0.05, 0) is 42.9 Å². The number of nitrogens with one attached hydrogen (secondary N) is 1. The van der Waals surface area contributed by atoms with Gasteiger partial charge in [0, 0.05) is 24.5 Å². The highest BCUT2D eigenvalue weighted by Gasteiger charge is 2.26. The summed E-state index contributed by atoms with van der Waals surface area (Å²) < 4.78 is 0. The Hall–Kier alpha value is -1.75. The number of hydrogen-bond acceptors (Lipinski definition) is 4. The highest BCUT2D eigenvalue weighted by Crippen LogP contribution is 2.30. The van der Waals surface area contributed by atoms with E-state index in [4.69, 9.17) is 11.5 Å². The van der Waals surface area contributed by atoms with Gasteiger partial charge in [0.15, 0.2) is 0 Å². The first-order chi connectivity index (χ1) is 9.11. The molecule has 2 rings (SSSR count). The standard InChI is InChI=1S/C14H21N3O2/c15-11-4-5-12(13(16)6-11)14(19)17-7-9-2-1-3-10(9)8-18/h4-6,9-10,18H,1-3,7-8,15-16H2,(H,17,19). The SMILES string of the molecule is Nc1ccc(C(=O)NCC2CCCC2CO)c(N)c1. The molecule has 104 valence electrons. The van der Waals surface area contributed by atoms with Crippen molar-refractivity contribution in [2.24, 2.45) is 11.8 Å². The minimum atomic E-state index is -0.180. The maximum Gasteiger partial charge on any atom is 0.253 e. The molecule has 0 aromatic heterocycles. The van der Waals surface area contributed by atoms with E-state index in [-0.39, 0.29) is 12.5 Å². The van der Waals surface area contributed by atoms with Crippen LogP contribution in [0.4, 0.5) is 11.4 Å². The molecule has 1 aromatic rings. The summed E-state index contributed by atoms with van der Waals surface area (Å²) in [6, 6.07) is 4.89. The summed E-state index contributed by atoms with van der Waals surface area (Å²) in [7, 11) is 0. The third kappa shape index (κ3) is 3.17. The summed E-state index contributed by atoms with van der Waals surface area (Å²) in [5, 5.41) is 12.1. The molecule has 1 aromatic carbocycles. The Morgan fingerprint density at radius 2 is 2.05 bits per heavy atom. The summed E-state index contributed by atoms with van der Waals surface area (Å²) >= 11 is 0. The zero-order chi connectivity index (χ0) is 13.8. The van der Waals surface area contributed by atoms with Gasteiger partial charge in [-0.3, -0.25) is 4.79 Å². The molecule has 1 amide bonds. The van der Waals surface area contributed by atoms with E-state index >= 15 is 0 Å². The number of rotatable bonds is 4. The normalized spacial score (nSPS) is 22.4. The van der Waals surface area contributed by atoms with Crippen LogP contribution in [0.3, 0.4) is 0 Å². The Bertz CT molecular complexity index is 462. The highest BCUT2D eigenvalue weighted by atomic mass is 16.3. The van der Waals surface area contributed by atoms with Crippen LogP contribution in [0.2, 0.25) is 0 Å². The van der Waals surface area contributed by atoms with Crippen molar-refractivity contribution in [3.63, 3.8) is 0 Å². The second-order valence-electron chi connectivity index (χ2n) is 5.19. The lowest BCUT2D eigenvalue weighted by atomic mass is 9.97. The largest absolute Gasteiger partial charge is 0.399 e. The van der Waals surface area contributed by atoms with Gasteiger partial charge in [0.2, 0.25) is 0 Å². The lowest BCUT2D eigenvalue weighted by Crippen LogP contribution is -2.32. The van der Waals surface area contributed by atoms with Gasteiger partial charge < -0.3 is 21.9 Å². The van der Waals surface area contributed by atoms with Gasteiger partial charge >= 0.3 is 0 Å². The number of aliphatic hydroxyl groups excluding tert-OH is 1. The molecule has 2 atom stereocenters. The maximum atomic E-state index is 12.0. The fourth-order valence-electron chi connectivity index (χ4n) is 2.73. The molecule has 0 spiro atoms. The minimum Gasteiger partial charge on any atom is -0.399 e. The van der Waals surface area contributed by atoms with Gasteiger partial charge in [-0.25, -0.2) is 0 Å². The number of anilines is 2. The van der Waals surface area contributed by atoms with Crippen LogP contribution in [0.5, 0.6) is 0 Å². The van der Waals surface area contributed by atoms with E-state index < -0.39 is 0 Å². The molecule has 0 bridgehead atoms. The van der Waals surface area contributed by atoms with Crippen LogP contribution in [0.15, 0.2) is 18.2 Å². The Balaban J connectivity index is 1.94. The fraction of sp³-hybridized carbons (Fsp3) is 0.500. The number of amides is 1. The van der Waals surface area contributed by atoms with Gasteiger partial charge in [-0.1, -0.05) is 6.42 Å². The molecule has 5 nitrogen and oxygen atoms in total. The molecular weight excluding hydrogens is 242 g/mol. The summed E-state index contributed by atoms with van der Waals surface area (Å²) in [6.45, 7) is 0.790. The van der Waals surface area contributed by atoms with Crippen LogP contribution in [-0.4, -0.2) is 24.2 Å². The van der Waals surface area contributed by atoms with Crippen LogP contribution in [0.25, 0.3) is 0 Å². The molecule has 1 aliphatic rings. The topological polar surface area (TPSA) is 101 Å². The van der Waals surface area contributed by atoms with Crippen molar-refractivity contribution in [2.45, 2.75) is 19.3 Å². The van der Waals surface area contributed by atoms with Crippen molar-refractivity contribution in [3.05, 3.63) is 23.8 Å². The first-order valence-electron chi connectivity index (χ1n) is 6.66. The first kappa shape index (κ1) is 13.7. The second kappa shape index (κ2) is 5.93. The Morgan fingerprint density at radius 1 is 1.32 bits per heavy atom. The number of benzene rings is 1. The average Bonchev–Trinajstić information content (AvgIpc) is 2.83. The van der Waals surface area contributed by atoms with Crippen LogP contribution >= 0.6 is 0 Å². The molecule has 2 unspecified atom stereocenters. The van der Waals surface area contributed by atoms with Crippen molar-refractivity contribution >= 4 is 17.3 Å². The summed E-state index contributed by atoms with van der Waals surface area (Å²) in [4.78, 5) is 12.0. The minimum absolute atomic E-state index is 0.180. The lowest BCUT2D eigenvalue weighted by molar-refractivity contribution is 0.0938. The predicted molar refractivity (Wildman–Crippen MR) is 75.5 cm³/mol. The van der Waals surface area contributed by atoms with E-state index in [9.17, 15) is 9.90 Å². The molecule has 0 radical (unpaired) electrons. The number of hydrogen-bond donors (Lipinski definition) is 4. The summed E-state index contributed by atoms with van der Waals surface area (Å²) in [5.41, 5.74) is 12.8. The monoisotopic (exact) mass is 263 g/mol. The van der Waals surface area contributed by atoms with Crippen LogP contribution in [0.1, 0.15) is 29.6 Å². The molecule has 0 heterocycles. The lowest BCUT2D eigenvalue weighted by Gasteiger charge is -2.18. The van der Waals surface area contributed by atoms with Gasteiger partial charge in [0.25, 0.3) is 5.91 Å². The van der Waals surface area contributed by atoms with E-state index in [2.05, 4.69) is 5.32 Å². The number of nitrogen functional groups attached to an aromatic ring is 2. The molecular formula is C14H21N3O2. The van der Waals surface area contributed by atoms with Crippen LogP contribution in [-0.2, 0) is 0 Å². The van der Waals surface area contributed by atoms with Gasteiger partial charge in [0.1, 0.15) is 0 Å². The first-order valence-corrected chi connectivity index (χ1v) is 6.66. The number of aliphatic hydroxyl groups is 1. The van der Waals surface area contributed by atoms with Gasteiger partial charge in [-0.2, -0.15) is 0 Å². The van der Waals surface area contributed by atoms with Crippen molar-refractivity contribution < 1.29 is 9.90 Å². The van der Waals surface area contributed by atoms with Crippen molar-refractivity contribution in [2.75, 3.05) is 24.6 Å². The van der Waals surface area contributed by atoms with Crippen LogP contribution in [0, 0.1) is 11.8 Å². The van der Waals surface area contributed by atoms with Crippen LogP contribution < -0.4 is 16.8 Å². The second-order valence-corrected chi connectivity index (χ2v) is 5.19. The molecule has 0 saturated heterocycles. The van der Waals surface area contributed by atoms with Crippen molar-refractivity contribution in [3.8, 4) is 0 Å². The van der Waals surface area contributed by atoms with E-state index in [0.29, 0.717) is 35.3 Å². The Kier molecular flexibility index (Phi) is 4.27. The number of carbonyl (C=O) groups is 1. The van der Waals surface area contributed by atoms with Crippen molar-refractivity contribution in [1.82, 2.24) is 5.32 Å². The Morgan fingerprint density at radius 3 is 2.74 bits per heavy atom. The van der Waals surface area contributed by atoms with E-state index in [0.717, 1.165) is 19.3 Å². The third-order valence-electron chi connectivity index (χ3n) is 3.90. The fourth-order valence-corrected chi connectivity index (χ4v) is 2.73. The quantitative estimate of drug-likeness (QED) is 0.608. The molecule has 0 aliphatic heterocycles. The molecule has 1 aliphatic carbocycles. The number of nitrogens with two attached hydrogens (primary N) is 2. The molecule has 1 fully saturated rings. The zero-order valence-corrected chi connectivity index (χ0v) is 10.9.